The highest BCUT2D eigenvalue weighted by atomic mass is 16.7. The van der Waals surface area contributed by atoms with Crippen molar-refractivity contribution in [3.63, 3.8) is 0 Å². The molecule has 1 aliphatic heterocycles. The molecular formula is C15H25BO4. The third-order valence-electron chi connectivity index (χ3n) is 5.00. The average Bonchev–Trinajstić information content (AvgIpc) is 2.69. The number of hydrogen-bond acceptors (Lipinski definition) is 4. The summed E-state index contributed by atoms with van der Waals surface area (Å²) in [5.74, 6) is -0.136. The maximum absolute atomic E-state index is 11.5. The largest absolute Gasteiger partial charge is 0.490 e. The minimum absolute atomic E-state index is 0.0178. The first-order valence-corrected chi connectivity index (χ1v) is 7.45. The molecule has 0 spiro atoms. The molecule has 20 heavy (non-hydrogen) atoms. The van der Waals surface area contributed by atoms with Gasteiger partial charge in [-0.3, -0.25) is 4.79 Å². The van der Waals surface area contributed by atoms with E-state index in [1.807, 2.05) is 0 Å². The van der Waals surface area contributed by atoms with Gasteiger partial charge in [0.15, 0.2) is 0 Å². The number of methoxy groups -OCH3 is 1. The molecule has 1 heterocycles. The molecule has 2 aliphatic rings. The van der Waals surface area contributed by atoms with Gasteiger partial charge < -0.3 is 14.0 Å². The Morgan fingerprint density at radius 2 is 2.15 bits per heavy atom. The number of carbonyl (C=O) groups excluding carboxylic acids is 1. The minimum Gasteiger partial charge on any atom is -0.469 e. The van der Waals surface area contributed by atoms with Gasteiger partial charge in [0.1, 0.15) is 0 Å². The standard InChI is InChI=1S/C15H25BO4/c1-6-15(4)14(2,3)19-16(20-15)12-9-7-11(8-10-12)13(17)18-5/h9,11H,6-8,10H2,1-5H3. The van der Waals surface area contributed by atoms with Gasteiger partial charge in [-0.15, -0.1) is 0 Å². The highest BCUT2D eigenvalue weighted by Crippen LogP contribution is 2.42. The van der Waals surface area contributed by atoms with E-state index in [1.165, 1.54) is 7.11 Å². The molecule has 112 valence electrons. The van der Waals surface area contributed by atoms with Crippen molar-refractivity contribution in [1.82, 2.24) is 0 Å². The van der Waals surface area contributed by atoms with Gasteiger partial charge in [0, 0.05) is 0 Å². The zero-order chi connectivity index (χ0) is 15.0. The summed E-state index contributed by atoms with van der Waals surface area (Å²) < 4.78 is 17.1. The Morgan fingerprint density at radius 3 is 2.60 bits per heavy atom. The minimum atomic E-state index is -0.299. The van der Waals surface area contributed by atoms with E-state index in [2.05, 4.69) is 33.8 Å². The Kier molecular flexibility index (Phi) is 4.31. The zero-order valence-electron chi connectivity index (χ0n) is 13.2. The van der Waals surface area contributed by atoms with Gasteiger partial charge in [0.05, 0.1) is 24.2 Å². The second kappa shape index (κ2) is 5.53. The lowest BCUT2D eigenvalue weighted by Crippen LogP contribution is -2.44. The number of rotatable bonds is 3. The van der Waals surface area contributed by atoms with Gasteiger partial charge in [-0.05, 0) is 51.9 Å². The second-order valence-corrected chi connectivity index (χ2v) is 6.44. The highest BCUT2D eigenvalue weighted by Gasteiger charge is 2.54. The Hall–Kier alpha value is -0.805. The normalized spacial score (nSPS) is 33.0. The third kappa shape index (κ3) is 2.66. The van der Waals surface area contributed by atoms with Gasteiger partial charge in [-0.1, -0.05) is 13.0 Å². The van der Waals surface area contributed by atoms with Crippen LogP contribution in [0.15, 0.2) is 11.5 Å². The zero-order valence-corrected chi connectivity index (χ0v) is 13.2. The van der Waals surface area contributed by atoms with Gasteiger partial charge in [-0.2, -0.15) is 0 Å². The SMILES string of the molecule is CCC1(C)OB(C2=CCC(C(=O)OC)CC2)OC1(C)C. The first-order valence-electron chi connectivity index (χ1n) is 7.45. The smallest absolute Gasteiger partial charge is 0.469 e. The van der Waals surface area contributed by atoms with E-state index in [0.29, 0.717) is 6.42 Å². The van der Waals surface area contributed by atoms with E-state index in [4.69, 9.17) is 14.0 Å². The number of ether oxygens (including phenoxy) is 1. The number of carbonyl (C=O) groups is 1. The fraction of sp³-hybridized carbons (Fsp3) is 0.800. The van der Waals surface area contributed by atoms with Crippen molar-refractivity contribution in [2.45, 2.75) is 64.6 Å². The monoisotopic (exact) mass is 280 g/mol. The third-order valence-corrected chi connectivity index (χ3v) is 5.00. The molecule has 0 bridgehead atoms. The van der Waals surface area contributed by atoms with Gasteiger partial charge in [-0.25, -0.2) is 0 Å². The predicted octanol–water partition coefficient (Wildman–Crippen LogP) is 2.91. The summed E-state index contributed by atoms with van der Waals surface area (Å²) in [6.07, 6.45) is 5.36. The van der Waals surface area contributed by atoms with Gasteiger partial charge in [0.25, 0.3) is 0 Å². The molecule has 1 aliphatic carbocycles. The molecule has 0 amide bonds. The lowest BCUT2D eigenvalue weighted by Gasteiger charge is -2.35. The Morgan fingerprint density at radius 1 is 1.45 bits per heavy atom. The molecule has 2 atom stereocenters. The van der Waals surface area contributed by atoms with Crippen LogP contribution < -0.4 is 0 Å². The van der Waals surface area contributed by atoms with E-state index in [1.54, 1.807) is 0 Å². The molecule has 0 aromatic heterocycles. The molecule has 0 N–H and O–H groups in total. The molecular weight excluding hydrogens is 255 g/mol. The Labute approximate surface area is 122 Å². The second-order valence-electron chi connectivity index (χ2n) is 6.44. The lowest BCUT2D eigenvalue weighted by atomic mass is 9.70. The first kappa shape index (κ1) is 15.6. The molecule has 1 saturated heterocycles. The predicted molar refractivity (Wildman–Crippen MR) is 78.1 cm³/mol. The molecule has 5 heteroatoms. The van der Waals surface area contributed by atoms with Crippen LogP contribution >= 0.6 is 0 Å². The summed E-state index contributed by atoms with van der Waals surface area (Å²) >= 11 is 0. The van der Waals surface area contributed by atoms with E-state index in [9.17, 15) is 4.79 Å². The van der Waals surface area contributed by atoms with Crippen LogP contribution in [-0.4, -0.2) is 31.4 Å². The highest BCUT2D eigenvalue weighted by molar-refractivity contribution is 6.54. The lowest BCUT2D eigenvalue weighted by molar-refractivity contribution is -0.145. The summed E-state index contributed by atoms with van der Waals surface area (Å²) in [5, 5.41) is 0. The maximum atomic E-state index is 11.5. The fourth-order valence-electron chi connectivity index (χ4n) is 2.90. The van der Waals surface area contributed by atoms with Crippen molar-refractivity contribution in [3.05, 3.63) is 11.5 Å². The van der Waals surface area contributed by atoms with Crippen LogP contribution in [-0.2, 0) is 18.8 Å². The molecule has 2 rings (SSSR count). The molecule has 0 aromatic rings. The van der Waals surface area contributed by atoms with E-state index >= 15 is 0 Å². The summed E-state index contributed by atoms with van der Waals surface area (Å²) in [5.41, 5.74) is 0.597. The van der Waals surface area contributed by atoms with Crippen molar-refractivity contribution in [2.24, 2.45) is 5.92 Å². The van der Waals surface area contributed by atoms with Crippen LogP contribution in [0.3, 0.4) is 0 Å². The molecule has 0 saturated carbocycles. The fourth-order valence-corrected chi connectivity index (χ4v) is 2.90. The van der Waals surface area contributed by atoms with Crippen LogP contribution in [0.2, 0.25) is 0 Å². The summed E-state index contributed by atoms with van der Waals surface area (Å²) in [4.78, 5) is 11.5. The molecule has 2 unspecified atom stereocenters. The molecule has 0 radical (unpaired) electrons. The summed E-state index contributed by atoms with van der Waals surface area (Å²) in [6, 6.07) is 0. The van der Waals surface area contributed by atoms with Crippen LogP contribution in [0.25, 0.3) is 0 Å². The van der Waals surface area contributed by atoms with Crippen LogP contribution in [0, 0.1) is 5.92 Å². The Bertz CT molecular complexity index is 418. The average molecular weight is 280 g/mol. The van der Waals surface area contributed by atoms with Crippen LogP contribution in [0.1, 0.15) is 53.4 Å². The molecule has 1 fully saturated rings. The quantitative estimate of drug-likeness (QED) is 0.589. The number of hydrogen-bond donors (Lipinski definition) is 0. The van der Waals surface area contributed by atoms with Crippen molar-refractivity contribution in [1.29, 1.82) is 0 Å². The summed E-state index contributed by atoms with van der Waals surface area (Å²) in [7, 11) is 1.17. The van der Waals surface area contributed by atoms with Crippen molar-refractivity contribution in [2.75, 3.05) is 7.11 Å². The van der Waals surface area contributed by atoms with Crippen molar-refractivity contribution < 1.29 is 18.8 Å². The van der Waals surface area contributed by atoms with Gasteiger partial charge >= 0.3 is 13.1 Å². The topological polar surface area (TPSA) is 44.8 Å². The number of esters is 1. The van der Waals surface area contributed by atoms with Gasteiger partial charge in [0.2, 0.25) is 0 Å². The van der Waals surface area contributed by atoms with E-state index in [0.717, 1.165) is 24.7 Å². The molecule has 0 aromatic carbocycles. The Balaban J connectivity index is 2.05. The summed E-state index contributed by atoms with van der Waals surface area (Å²) in [6.45, 7) is 8.39. The van der Waals surface area contributed by atoms with E-state index < -0.39 is 0 Å². The number of allylic oxidation sites excluding steroid dienone is 2. The van der Waals surface area contributed by atoms with Crippen molar-refractivity contribution in [3.8, 4) is 0 Å². The maximum Gasteiger partial charge on any atom is 0.490 e. The van der Waals surface area contributed by atoms with Crippen molar-refractivity contribution >= 4 is 13.1 Å². The van der Waals surface area contributed by atoms with Crippen LogP contribution in [0.4, 0.5) is 0 Å². The first-order chi connectivity index (χ1) is 9.33. The van der Waals surface area contributed by atoms with Crippen LogP contribution in [0.5, 0.6) is 0 Å². The van der Waals surface area contributed by atoms with E-state index in [-0.39, 0.29) is 30.2 Å². The molecule has 4 nitrogen and oxygen atoms in total.